The molecule has 1 saturated carbocycles. The highest BCUT2D eigenvalue weighted by atomic mass is 16.3. The number of nitrogens with zero attached hydrogens (tertiary/aromatic N) is 1. The maximum atomic E-state index is 13.6. The minimum Gasteiger partial charge on any atom is -0.467 e. The molecule has 4 rings (SSSR count). The van der Waals surface area contributed by atoms with Gasteiger partial charge in [0, 0.05) is 6.04 Å². The van der Waals surface area contributed by atoms with E-state index in [4.69, 9.17) is 8.83 Å². The van der Waals surface area contributed by atoms with Crippen LogP contribution in [0.15, 0.2) is 69.9 Å². The van der Waals surface area contributed by atoms with Crippen LogP contribution in [0.5, 0.6) is 0 Å². The van der Waals surface area contributed by atoms with Crippen LogP contribution in [0.2, 0.25) is 0 Å². The van der Waals surface area contributed by atoms with Crippen molar-refractivity contribution in [2.75, 3.05) is 0 Å². The van der Waals surface area contributed by atoms with Gasteiger partial charge in [0.2, 0.25) is 5.91 Å². The summed E-state index contributed by atoms with van der Waals surface area (Å²) in [6, 6.07) is 13.9. The molecule has 1 atom stereocenters. The second kappa shape index (κ2) is 9.69. The average molecular weight is 421 g/mol. The van der Waals surface area contributed by atoms with Crippen molar-refractivity contribution in [2.45, 2.75) is 57.7 Å². The normalized spacial score (nSPS) is 15.4. The third kappa shape index (κ3) is 5.08. The molecule has 6 nitrogen and oxygen atoms in total. The van der Waals surface area contributed by atoms with E-state index in [1.54, 1.807) is 30.5 Å². The number of amides is 2. The van der Waals surface area contributed by atoms with Crippen LogP contribution in [0.3, 0.4) is 0 Å². The first-order chi connectivity index (χ1) is 15.1. The predicted octanol–water partition coefficient (Wildman–Crippen LogP) is 5.01. The zero-order valence-electron chi connectivity index (χ0n) is 17.8. The van der Waals surface area contributed by atoms with Crippen LogP contribution in [0.25, 0.3) is 0 Å². The second-order valence-electron chi connectivity index (χ2n) is 8.15. The van der Waals surface area contributed by atoms with E-state index in [0.717, 1.165) is 36.8 Å². The maximum Gasteiger partial charge on any atom is 0.290 e. The lowest BCUT2D eigenvalue weighted by molar-refractivity contribution is -0.127. The first kappa shape index (κ1) is 21.0. The van der Waals surface area contributed by atoms with Crippen molar-refractivity contribution >= 4 is 11.8 Å². The molecule has 1 fully saturated rings. The molecule has 0 aliphatic heterocycles. The minimum atomic E-state index is -0.801. The molecule has 1 aliphatic carbocycles. The predicted molar refractivity (Wildman–Crippen MR) is 116 cm³/mol. The van der Waals surface area contributed by atoms with E-state index >= 15 is 0 Å². The number of carbonyl (C=O) groups is 2. The van der Waals surface area contributed by atoms with Crippen molar-refractivity contribution in [1.29, 1.82) is 0 Å². The van der Waals surface area contributed by atoms with Crippen molar-refractivity contribution in [3.05, 3.63) is 83.7 Å². The monoisotopic (exact) mass is 420 g/mol. The number of carbonyl (C=O) groups excluding carboxylic acids is 2. The molecule has 3 aromatic rings. The van der Waals surface area contributed by atoms with E-state index in [9.17, 15) is 9.59 Å². The van der Waals surface area contributed by atoms with Crippen LogP contribution in [0.4, 0.5) is 0 Å². The van der Waals surface area contributed by atoms with Crippen LogP contribution >= 0.6 is 0 Å². The summed E-state index contributed by atoms with van der Waals surface area (Å²) >= 11 is 0. The van der Waals surface area contributed by atoms with Crippen LogP contribution in [-0.2, 0) is 11.3 Å². The fourth-order valence-electron chi connectivity index (χ4n) is 4.14. The number of rotatable bonds is 7. The molecular formula is C25H28N2O4. The number of aryl methyl sites for hydroxylation is 1. The molecule has 2 aromatic heterocycles. The summed E-state index contributed by atoms with van der Waals surface area (Å²) in [4.78, 5) is 28.5. The van der Waals surface area contributed by atoms with Gasteiger partial charge in [-0.2, -0.15) is 0 Å². The van der Waals surface area contributed by atoms with Gasteiger partial charge in [0.1, 0.15) is 11.8 Å². The fourth-order valence-corrected chi connectivity index (χ4v) is 4.14. The van der Waals surface area contributed by atoms with E-state index in [1.807, 2.05) is 31.2 Å². The quantitative estimate of drug-likeness (QED) is 0.583. The Hall–Kier alpha value is -3.28. The van der Waals surface area contributed by atoms with Crippen molar-refractivity contribution in [1.82, 2.24) is 10.2 Å². The summed E-state index contributed by atoms with van der Waals surface area (Å²) in [5, 5.41) is 3.20. The Morgan fingerprint density at radius 1 is 1.00 bits per heavy atom. The summed E-state index contributed by atoms with van der Waals surface area (Å²) in [6.45, 7) is 2.15. The molecule has 31 heavy (non-hydrogen) atoms. The Balaban J connectivity index is 1.70. The Labute approximate surface area is 182 Å². The van der Waals surface area contributed by atoms with Gasteiger partial charge in [0.15, 0.2) is 5.76 Å². The Morgan fingerprint density at radius 3 is 2.35 bits per heavy atom. The first-order valence-electron chi connectivity index (χ1n) is 10.9. The smallest absolute Gasteiger partial charge is 0.290 e. The minimum absolute atomic E-state index is 0.137. The number of hydrogen-bond acceptors (Lipinski definition) is 4. The molecule has 1 N–H and O–H groups in total. The van der Waals surface area contributed by atoms with Crippen molar-refractivity contribution in [2.24, 2.45) is 0 Å². The fraction of sp³-hybridized carbons (Fsp3) is 0.360. The zero-order chi connectivity index (χ0) is 21.6. The third-order valence-electron chi connectivity index (χ3n) is 5.80. The maximum absolute atomic E-state index is 13.6. The average Bonchev–Trinajstić information content (AvgIpc) is 3.49. The zero-order valence-corrected chi connectivity index (χ0v) is 17.8. The SMILES string of the molecule is Cc1ccc([C@@H](C(=O)NC2CCCCC2)N(Cc2ccco2)C(=O)c2ccco2)cc1. The molecule has 0 saturated heterocycles. The lowest BCUT2D eigenvalue weighted by atomic mass is 9.94. The molecule has 2 amide bonds. The Kier molecular flexibility index (Phi) is 6.55. The van der Waals surface area contributed by atoms with Crippen molar-refractivity contribution in [3.8, 4) is 0 Å². The summed E-state index contributed by atoms with van der Waals surface area (Å²) in [5.74, 6) is 0.254. The van der Waals surface area contributed by atoms with E-state index in [1.165, 1.54) is 17.6 Å². The number of nitrogens with one attached hydrogen (secondary N) is 1. The summed E-state index contributed by atoms with van der Waals surface area (Å²) in [7, 11) is 0. The van der Waals surface area contributed by atoms with Crippen molar-refractivity contribution < 1.29 is 18.4 Å². The molecule has 162 valence electrons. The second-order valence-corrected chi connectivity index (χ2v) is 8.15. The largest absolute Gasteiger partial charge is 0.467 e. The topological polar surface area (TPSA) is 75.7 Å². The molecular weight excluding hydrogens is 392 g/mol. The highest BCUT2D eigenvalue weighted by molar-refractivity contribution is 5.96. The standard InChI is InChI=1S/C25H28N2O4/c1-18-11-13-19(14-12-18)23(24(28)26-20-7-3-2-4-8-20)27(17-21-9-5-15-30-21)25(29)22-10-6-16-31-22/h5-6,9-16,20,23H,2-4,7-8,17H2,1H3,(H,26,28)/t23-/m0/s1. The van der Waals surface area contributed by atoms with Crippen LogP contribution in [0, 0.1) is 6.92 Å². The lowest BCUT2D eigenvalue weighted by Crippen LogP contribution is -2.46. The van der Waals surface area contributed by atoms with Gasteiger partial charge in [0.05, 0.1) is 19.1 Å². The van der Waals surface area contributed by atoms with E-state index in [-0.39, 0.29) is 30.2 Å². The van der Waals surface area contributed by atoms with Gasteiger partial charge in [-0.1, -0.05) is 49.1 Å². The molecule has 1 aromatic carbocycles. The Morgan fingerprint density at radius 2 is 1.71 bits per heavy atom. The van der Waals surface area contributed by atoms with Crippen molar-refractivity contribution in [3.63, 3.8) is 0 Å². The molecule has 0 unspecified atom stereocenters. The van der Waals surface area contributed by atoms with Gasteiger partial charge in [0.25, 0.3) is 5.91 Å². The van der Waals surface area contributed by atoms with Gasteiger partial charge in [-0.05, 0) is 49.6 Å². The van der Waals surface area contributed by atoms with Gasteiger partial charge in [-0.15, -0.1) is 0 Å². The molecule has 0 bridgehead atoms. The van der Waals surface area contributed by atoms with E-state index in [2.05, 4.69) is 5.32 Å². The van der Waals surface area contributed by atoms with E-state index in [0.29, 0.717) is 5.76 Å². The van der Waals surface area contributed by atoms with Crippen LogP contribution < -0.4 is 5.32 Å². The number of hydrogen-bond donors (Lipinski definition) is 1. The number of furan rings is 2. The Bertz CT molecular complexity index is 971. The van der Waals surface area contributed by atoms with Gasteiger partial charge in [-0.3, -0.25) is 9.59 Å². The molecule has 2 heterocycles. The summed E-state index contributed by atoms with van der Waals surface area (Å²) < 4.78 is 10.9. The molecule has 6 heteroatoms. The van der Waals surface area contributed by atoms with E-state index < -0.39 is 6.04 Å². The van der Waals surface area contributed by atoms with Gasteiger partial charge in [-0.25, -0.2) is 0 Å². The third-order valence-corrected chi connectivity index (χ3v) is 5.80. The van der Waals surface area contributed by atoms with Gasteiger partial charge >= 0.3 is 0 Å². The molecule has 1 aliphatic rings. The first-order valence-corrected chi connectivity index (χ1v) is 10.9. The summed E-state index contributed by atoms with van der Waals surface area (Å²) in [5.41, 5.74) is 1.84. The lowest BCUT2D eigenvalue weighted by Gasteiger charge is -2.32. The molecule has 0 spiro atoms. The van der Waals surface area contributed by atoms with Crippen LogP contribution in [-0.4, -0.2) is 22.8 Å². The van der Waals surface area contributed by atoms with Crippen LogP contribution in [0.1, 0.15) is 65.6 Å². The summed E-state index contributed by atoms with van der Waals surface area (Å²) in [6.07, 6.45) is 8.39. The highest BCUT2D eigenvalue weighted by Gasteiger charge is 2.35. The highest BCUT2D eigenvalue weighted by Crippen LogP contribution is 2.28. The molecule has 0 radical (unpaired) electrons. The number of benzene rings is 1. The van der Waals surface area contributed by atoms with Gasteiger partial charge < -0.3 is 19.1 Å².